The Bertz CT molecular complexity index is 422. The van der Waals surface area contributed by atoms with Gasteiger partial charge in [0.1, 0.15) is 5.82 Å². The van der Waals surface area contributed by atoms with E-state index < -0.39 is 0 Å². The highest BCUT2D eigenvalue weighted by Crippen LogP contribution is 2.17. The Morgan fingerprint density at radius 1 is 1.37 bits per heavy atom. The van der Waals surface area contributed by atoms with E-state index in [1.807, 2.05) is 6.07 Å². The van der Waals surface area contributed by atoms with Gasteiger partial charge in [-0.15, -0.1) is 0 Å². The Kier molecular flexibility index (Phi) is 4.91. The summed E-state index contributed by atoms with van der Waals surface area (Å²) in [6.45, 7) is 6.54. The summed E-state index contributed by atoms with van der Waals surface area (Å²) in [6.07, 6.45) is 1.14. The molecular formula is C15H24FN3. The molecule has 1 heterocycles. The lowest BCUT2D eigenvalue weighted by molar-refractivity contribution is 0.192. The molecule has 2 rings (SSSR count). The number of nitrogens with zero attached hydrogens (tertiary/aromatic N) is 2. The van der Waals surface area contributed by atoms with Gasteiger partial charge in [0.25, 0.3) is 0 Å². The number of hydrogen-bond acceptors (Lipinski definition) is 3. The van der Waals surface area contributed by atoms with Gasteiger partial charge in [-0.3, -0.25) is 4.90 Å². The van der Waals surface area contributed by atoms with Crippen LogP contribution in [0, 0.1) is 5.82 Å². The van der Waals surface area contributed by atoms with Crippen molar-refractivity contribution in [3.8, 4) is 0 Å². The molecule has 0 amide bonds. The van der Waals surface area contributed by atoms with Gasteiger partial charge in [0.15, 0.2) is 0 Å². The molecule has 0 aromatic heterocycles. The number of hydrogen-bond donors (Lipinski definition) is 1. The van der Waals surface area contributed by atoms with Crippen molar-refractivity contribution in [3.63, 3.8) is 0 Å². The molecule has 1 atom stereocenters. The van der Waals surface area contributed by atoms with Crippen LogP contribution in [0.5, 0.6) is 0 Å². The molecule has 0 saturated carbocycles. The first-order chi connectivity index (χ1) is 9.10. The monoisotopic (exact) mass is 265 g/mol. The maximum absolute atomic E-state index is 13.9. The van der Waals surface area contributed by atoms with Crippen LogP contribution in [-0.2, 0) is 13.1 Å². The number of rotatable bonds is 3. The van der Waals surface area contributed by atoms with Crippen LogP contribution in [-0.4, -0.2) is 42.5 Å². The molecule has 2 N–H and O–H groups in total. The van der Waals surface area contributed by atoms with E-state index in [0.717, 1.165) is 37.2 Å². The van der Waals surface area contributed by atoms with Gasteiger partial charge < -0.3 is 10.6 Å². The normalized spacial score (nSPS) is 22.4. The predicted octanol–water partition coefficient (Wildman–Crippen LogP) is 1.81. The molecule has 4 heteroatoms. The zero-order valence-corrected chi connectivity index (χ0v) is 11.9. The summed E-state index contributed by atoms with van der Waals surface area (Å²) in [5.74, 6) is -0.123. The number of halogens is 1. The van der Waals surface area contributed by atoms with Crippen LogP contribution < -0.4 is 5.73 Å². The Labute approximate surface area is 115 Å². The van der Waals surface area contributed by atoms with Crippen LogP contribution in [0.1, 0.15) is 24.5 Å². The third-order valence-corrected chi connectivity index (χ3v) is 3.90. The van der Waals surface area contributed by atoms with Gasteiger partial charge in [-0.1, -0.05) is 12.1 Å². The van der Waals surface area contributed by atoms with Crippen molar-refractivity contribution < 1.29 is 4.39 Å². The van der Waals surface area contributed by atoms with Gasteiger partial charge >= 0.3 is 0 Å². The van der Waals surface area contributed by atoms with Crippen LogP contribution in [0.15, 0.2) is 18.2 Å². The zero-order valence-electron chi connectivity index (χ0n) is 11.9. The summed E-state index contributed by atoms with van der Waals surface area (Å²) in [4.78, 5) is 4.71. The fourth-order valence-corrected chi connectivity index (χ4v) is 2.75. The van der Waals surface area contributed by atoms with Crippen molar-refractivity contribution in [2.24, 2.45) is 5.73 Å². The summed E-state index contributed by atoms with van der Waals surface area (Å²) in [7, 11) is 2.15. The first-order valence-electron chi connectivity index (χ1n) is 7.00. The van der Waals surface area contributed by atoms with Crippen LogP contribution >= 0.6 is 0 Å². The molecule has 19 heavy (non-hydrogen) atoms. The van der Waals surface area contributed by atoms with Crippen molar-refractivity contribution in [3.05, 3.63) is 35.1 Å². The lowest BCUT2D eigenvalue weighted by atomic mass is 10.1. The minimum absolute atomic E-state index is 0.123. The Balaban J connectivity index is 2.11. The van der Waals surface area contributed by atoms with Gasteiger partial charge in [-0.2, -0.15) is 0 Å². The van der Waals surface area contributed by atoms with Crippen molar-refractivity contribution in [2.45, 2.75) is 32.5 Å². The summed E-state index contributed by atoms with van der Waals surface area (Å²) in [6, 6.07) is 5.65. The van der Waals surface area contributed by atoms with Gasteiger partial charge in [0, 0.05) is 37.8 Å². The Morgan fingerprint density at radius 3 is 2.89 bits per heavy atom. The van der Waals surface area contributed by atoms with E-state index in [2.05, 4.69) is 23.8 Å². The number of likely N-dealkylation sites (N-methyl/N-ethyl adjacent to an activating group) is 1. The molecular weight excluding hydrogens is 241 g/mol. The second-order valence-electron chi connectivity index (χ2n) is 5.57. The lowest BCUT2D eigenvalue weighted by Crippen LogP contribution is -2.37. The fourth-order valence-electron chi connectivity index (χ4n) is 2.75. The van der Waals surface area contributed by atoms with E-state index in [1.165, 1.54) is 6.07 Å². The molecule has 0 spiro atoms. The van der Waals surface area contributed by atoms with Gasteiger partial charge in [0.05, 0.1) is 0 Å². The van der Waals surface area contributed by atoms with E-state index in [9.17, 15) is 4.39 Å². The summed E-state index contributed by atoms with van der Waals surface area (Å²) in [5.41, 5.74) is 7.39. The molecule has 3 nitrogen and oxygen atoms in total. The topological polar surface area (TPSA) is 32.5 Å². The molecule has 106 valence electrons. The smallest absolute Gasteiger partial charge is 0.127 e. The molecule has 0 aliphatic carbocycles. The molecule has 1 aliphatic rings. The summed E-state index contributed by atoms with van der Waals surface area (Å²) < 4.78 is 13.9. The van der Waals surface area contributed by atoms with E-state index in [-0.39, 0.29) is 5.82 Å². The van der Waals surface area contributed by atoms with Crippen molar-refractivity contribution >= 4 is 0 Å². The van der Waals surface area contributed by atoms with Gasteiger partial charge in [0.2, 0.25) is 0 Å². The Morgan fingerprint density at radius 2 is 2.16 bits per heavy atom. The molecule has 1 aliphatic heterocycles. The third kappa shape index (κ3) is 3.75. The molecule has 1 saturated heterocycles. The molecule has 1 aromatic rings. The van der Waals surface area contributed by atoms with Crippen LogP contribution in [0.25, 0.3) is 0 Å². The second-order valence-corrected chi connectivity index (χ2v) is 5.57. The predicted molar refractivity (Wildman–Crippen MR) is 76.3 cm³/mol. The minimum Gasteiger partial charge on any atom is -0.326 e. The molecule has 0 radical (unpaired) electrons. The largest absolute Gasteiger partial charge is 0.326 e. The SMILES string of the molecule is CC1CN(C)CCCN1Cc1cc(CN)ccc1F. The van der Waals surface area contributed by atoms with Crippen molar-refractivity contribution in [1.29, 1.82) is 0 Å². The molecule has 1 aromatic carbocycles. The number of nitrogens with two attached hydrogens (primary N) is 1. The van der Waals surface area contributed by atoms with Crippen LogP contribution in [0.3, 0.4) is 0 Å². The average Bonchev–Trinajstić information content (AvgIpc) is 2.54. The van der Waals surface area contributed by atoms with Crippen LogP contribution in [0.4, 0.5) is 4.39 Å². The van der Waals surface area contributed by atoms with Crippen LogP contribution in [0.2, 0.25) is 0 Å². The van der Waals surface area contributed by atoms with Crippen molar-refractivity contribution in [1.82, 2.24) is 9.80 Å². The standard InChI is InChI=1S/C15H24FN3/c1-12-10-18(2)6-3-7-19(12)11-14-8-13(9-17)4-5-15(14)16/h4-5,8,12H,3,6-7,9-11,17H2,1-2H3. The third-order valence-electron chi connectivity index (χ3n) is 3.90. The van der Waals surface area contributed by atoms with E-state index >= 15 is 0 Å². The maximum Gasteiger partial charge on any atom is 0.127 e. The molecule has 1 unspecified atom stereocenters. The summed E-state index contributed by atoms with van der Waals surface area (Å²) >= 11 is 0. The minimum atomic E-state index is -0.123. The van der Waals surface area contributed by atoms with Crippen molar-refractivity contribution in [2.75, 3.05) is 26.7 Å². The van der Waals surface area contributed by atoms with E-state index in [1.54, 1.807) is 6.07 Å². The van der Waals surface area contributed by atoms with E-state index in [0.29, 0.717) is 19.1 Å². The zero-order chi connectivity index (χ0) is 13.8. The highest BCUT2D eigenvalue weighted by atomic mass is 19.1. The van der Waals surface area contributed by atoms with Gasteiger partial charge in [-0.05, 0) is 38.6 Å². The van der Waals surface area contributed by atoms with Gasteiger partial charge in [-0.25, -0.2) is 4.39 Å². The van der Waals surface area contributed by atoms with E-state index in [4.69, 9.17) is 5.73 Å². The highest BCUT2D eigenvalue weighted by molar-refractivity contribution is 5.25. The lowest BCUT2D eigenvalue weighted by Gasteiger charge is -2.28. The summed E-state index contributed by atoms with van der Waals surface area (Å²) in [5, 5.41) is 0. The molecule has 0 bridgehead atoms. The first kappa shape index (κ1) is 14.4. The number of benzene rings is 1. The maximum atomic E-state index is 13.9. The quantitative estimate of drug-likeness (QED) is 0.904. The molecule has 1 fully saturated rings. The second kappa shape index (κ2) is 6.46. The first-order valence-corrected chi connectivity index (χ1v) is 7.00. The average molecular weight is 265 g/mol. The fraction of sp³-hybridized carbons (Fsp3) is 0.600. The highest BCUT2D eigenvalue weighted by Gasteiger charge is 2.20. The Hall–Kier alpha value is -0.970.